The molecule has 0 saturated carbocycles. The van der Waals surface area contributed by atoms with Crippen molar-refractivity contribution >= 4 is 22.4 Å². The van der Waals surface area contributed by atoms with Gasteiger partial charge in [-0.1, -0.05) is 4.49 Å². The Morgan fingerprint density at radius 3 is 2.58 bits per heavy atom. The molecule has 40 heavy (non-hydrogen) atoms. The van der Waals surface area contributed by atoms with E-state index in [-0.39, 0.29) is 18.1 Å². The number of ether oxygens (including phenoxy) is 5. The summed E-state index contributed by atoms with van der Waals surface area (Å²) in [6.07, 6.45) is 0.296. The molecule has 0 unspecified atom stereocenters. The molecule has 2 heterocycles. The number of fused-ring (bicyclic) bond motifs is 1. The molecule has 0 atom stereocenters. The van der Waals surface area contributed by atoms with Crippen LogP contribution in [-0.2, 0) is 16.0 Å². The minimum absolute atomic E-state index is 0.217. The second kappa shape index (κ2) is 14.8. The standard InChI is InChI=1S/C26H30F3N5O5S/c1-35-6-8-37-20-10-18(11-21(14-20)39-26(27,28)29)15-30-4-2-3-5-36-7-9-38-24-13-19(25-17-32-34-40-25)12-23-22(24)16-31-33-23/h10-14,16-17,30H,2-9,15H2,1H3,(H,31,33). The molecule has 2 N–H and O–H groups in total. The van der Waals surface area contributed by atoms with Gasteiger partial charge in [0, 0.05) is 31.9 Å². The molecule has 0 radical (unpaired) electrons. The van der Waals surface area contributed by atoms with Gasteiger partial charge >= 0.3 is 6.36 Å². The number of hydrogen-bond acceptors (Lipinski definition) is 10. The maximum atomic E-state index is 12.7. The topological polar surface area (TPSA) is 113 Å². The Kier molecular flexibility index (Phi) is 10.9. The lowest BCUT2D eigenvalue weighted by Crippen LogP contribution is -2.18. The van der Waals surface area contributed by atoms with Gasteiger partial charge in [-0.3, -0.25) is 5.10 Å². The first-order valence-corrected chi connectivity index (χ1v) is 13.4. The van der Waals surface area contributed by atoms with E-state index in [0.29, 0.717) is 50.8 Å². The van der Waals surface area contributed by atoms with Gasteiger partial charge in [0.05, 0.1) is 41.4 Å². The van der Waals surface area contributed by atoms with Gasteiger partial charge < -0.3 is 29.0 Å². The summed E-state index contributed by atoms with van der Waals surface area (Å²) in [7, 11) is 1.52. The van der Waals surface area contributed by atoms with Crippen LogP contribution < -0.4 is 19.5 Å². The van der Waals surface area contributed by atoms with E-state index in [0.717, 1.165) is 34.2 Å². The lowest BCUT2D eigenvalue weighted by molar-refractivity contribution is -0.274. The molecular weight excluding hydrogens is 551 g/mol. The van der Waals surface area contributed by atoms with Gasteiger partial charge in [0.1, 0.15) is 30.5 Å². The van der Waals surface area contributed by atoms with Crippen LogP contribution in [0.5, 0.6) is 17.2 Å². The number of H-pyrrole nitrogens is 1. The van der Waals surface area contributed by atoms with Gasteiger partial charge in [-0.15, -0.1) is 18.3 Å². The highest BCUT2D eigenvalue weighted by Gasteiger charge is 2.31. The van der Waals surface area contributed by atoms with Gasteiger partial charge in [0.2, 0.25) is 0 Å². The number of aromatic nitrogens is 4. The van der Waals surface area contributed by atoms with Gasteiger partial charge in [0.25, 0.3) is 0 Å². The maximum Gasteiger partial charge on any atom is 0.573 e. The largest absolute Gasteiger partial charge is 0.573 e. The first kappa shape index (κ1) is 29.5. The molecule has 2 aromatic carbocycles. The zero-order valence-corrected chi connectivity index (χ0v) is 22.6. The third-order valence-electron chi connectivity index (χ3n) is 5.60. The molecular formula is C26H30F3N5O5S. The number of alkyl halides is 3. The molecule has 216 valence electrons. The fourth-order valence-electron chi connectivity index (χ4n) is 3.83. The number of aromatic amines is 1. The minimum atomic E-state index is -4.78. The summed E-state index contributed by atoms with van der Waals surface area (Å²) in [5, 5.41) is 15.1. The second-order valence-electron chi connectivity index (χ2n) is 8.63. The minimum Gasteiger partial charge on any atom is -0.491 e. The molecule has 0 spiro atoms. The third kappa shape index (κ3) is 9.33. The normalized spacial score (nSPS) is 11.7. The second-order valence-corrected chi connectivity index (χ2v) is 9.42. The van der Waals surface area contributed by atoms with Gasteiger partial charge in [-0.05, 0) is 60.7 Å². The Morgan fingerprint density at radius 2 is 1.77 bits per heavy atom. The van der Waals surface area contributed by atoms with Crippen molar-refractivity contribution in [3.8, 4) is 27.7 Å². The van der Waals surface area contributed by atoms with Crippen LogP contribution in [0, 0.1) is 0 Å². The SMILES string of the molecule is COCCOc1cc(CNCCCCOCCOc2cc(-c3cnns3)cc3[nH]ncc23)cc(OC(F)(F)F)c1. The zero-order valence-electron chi connectivity index (χ0n) is 21.8. The van der Waals surface area contributed by atoms with Crippen LogP contribution in [0.2, 0.25) is 0 Å². The van der Waals surface area contributed by atoms with Crippen LogP contribution in [-0.4, -0.2) is 72.8 Å². The number of methoxy groups -OCH3 is 1. The number of hydrogen-bond donors (Lipinski definition) is 2. The Balaban J connectivity index is 1.14. The van der Waals surface area contributed by atoms with Crippen molar-refractivity contribution in [2.75, 3.05) is 46.7 Å². The van der Waals surface area contributed by atoms with Crippen LogP contribution in [0.15, 0.2) is 42.7 Å². The summed E-state index contributed by atoms with van der Waals surface area (Å²) in [6.45, 7) is 2.94. The summed E-state index contributed by atoms with van der Waals surface area (Å²) in [6, 6.07) is 8.15. The fourth-order valence-corrected chi connectivity index (χ4v) is 4.33. The number of unbranched alkanes of at least 4 members (excludes halogenated alkanes) is 1. The van der Waals surface area contributed by atoms with Gasteiger partial charge in [-0.2, -0.15) is 5.10 Å². The molecule has 0 fully saturated rings. The van der Waals surface area contributed by atoms with Crippen molar-refractivity contribution in [3.05, 3.63) is 48.3 Å². The van der Waals surface area contributed by atoms with Crippen molar-refractivity contribution in [2.24, 2.45) is 0 Å². The highest BCUT2D eigenvalue weighted by atomic mass is 32.1. The van der Waals surface area contributed by atoms with Crippen LogP contribution in [0.4, 0.5) is 13.2 Å². The summed E-state index contributed by atoms with van der Waals surface area (Å²) in [5.74, 6) is 0.669. The first-order chi connectivity index (χ1) is 19.4. The monoisotopic (exact) mass is 581 g/mol. The maximum absolute atomic E-state index is 12.7. The molecule has 0 bridgehead atoms. The fraction of sp³-hybridized carbons (Fsp3) is 0.423. The Hall–Kier alpha value is -3.46. The molecule has 2 aromatic heterocycles. The molecule has 0 aliphatic rings. The molecule has 0 aliphatic carbocycles. The van der Waals surface area contributed by atoms with E-state index in [1.54, 1.807) is 18.5 Å². The number of benzene rings is 2. The Bertz CT molecular complexity index is 1320. The third-order valence-corrected chi connectivity index (χ3v) is 6.32. The highest BCUT2D eigenvalue weighted by molar-refractivity contribution is 7.09. The quantitative estimate of drug-likeness (QED) is 0.167. The van der Waals surface area contributed by atoms with Crippen molar-refractivity contribution in [1.82, 2.24) is 25.1 Å². The van der Waals surface area contributed by atoms with E-state index < -0.39 is 6.36 Å². The summed E-state index contributed by atoms with van der Waals surface area (Å²) in [5.41, 5.74) is 2.43. The molecule has 4 rings (SSSR count). The van der Waals surface area contributed by atoms with E-state index in [1.807, 2.05) is 12.1 Å². The van der Waals surface area contributed by atoms with Crippen molar-refractivity contribution in [1.29, 1.82) is 0 Å². The lowest BCUT2D eigenvalue weighted by atomic mass is 10.1. The molecule has 4 aromatic rings. The predicted octanol–water partition coefficient (Wildman–Crippen LogP) is 4.97. The number of nitrogens with one attached hydrogen (secondary N) is 2. The first-order valence-electron chi connectivity index (χ1n) is 12.6. The highest BCUT2D eigenvalue weighted by Crippen LogP contribution is 2.32. The molecule has 10 nitrogen and oxygen atoms in total. The summed E-state index contributed by atoms with van der Waals surface area (Å²) >= 11 is 1.31. The van der Waals surface area contributed by atoms with Crippen molar-refractivity contribution in [3.63, 3.8) is 0 Å². The van der Waals surface area contributed by atoms with Crippen LogP contribution >= 0.6 is 11.5 Å². The predicted molar refractivity (Wildman–Crippen MR) is 143 cm³/mol. The Labute approximate surface area is 232 Å². The molecule has 0 amide bonds. The van der Waals surface area contributed by atoms with E-state index in [1.165, 1.54) is 30.8 Å². The van der Waals surface area contributed by atoms with Crippen molar-refractivity contribution in [2.45, 2.75) is 25.7 Å². The van der Waals surface area contributed by atoms with Gasteiger partial charge in [0.15, 0.2) is 0 Å². The van der Waals surface area contributed by atoms with E-state index in [4.69, 9.17) is 18.9 Å². The molecule has 0 saturated heterocycles. The van der Waals surface area contributed by atoms with Crippen LogP contribution in [0.25, 0.3) is 21.3 Å². The van der Waals surface area contributed by atoms with E-state index in [9.17, 15) is 13.2 Å². The average Bonchev–Trinajstić information content (AvgIpc) is 3.61. The lowest BCUT2D eigenvalue weighted by Gasteiger charge is -2.14. The van der Waals surface area contributed by atoms with Crippen molar-refractivity contribution < 1.29 is 36.9 Å². The van der Waals surface area contributed by atoms with E-state index >= 15 is 0 Å². The van der Waals surface area contributed by atoms with Crippen LogP contribution in [0.1, 0.15) is 18.4 Å². The number of nitrogens with zero attached hydrogens (tertiary/aromatic N) is 3. The molecule has 0 aliphatic heterocycles. The number of halogens is 3. The van der Waals surface area contributed by atoms with Crippen LogP contribution in [0.3, 0.4) is 0 Å². The van der Waals surface area contributed by atoms with E-state index in [2.05, 4.69) is 29.8 Å². The smallest absolute Gasteiger partial charge is 0.491 e. The Morgan fingerprint density at radius 1 is 0.925 bits per heavy atom. The average molecular weight is 582 g/mol. The number of rotatable bonds is 17. The summed E-state index contributed by atoms with van der Waals surface area (Å²) in [4.78, 5) is 0.935. The van der Waals surface area contributed by atoms with Gasteiger partial charge in [-0.25, -0.2) is 0 Å². The zero-order chi connectivity index (χ0) is 28.2. The molecule has 14 heteroatoms. The summed E-state index contributed by atoms with van der Waals surface area (Å²) < 4.78 is 68.1.